The molecule has 3 aromatic rings. The SMILES string of the molecule is CCOC(=O)[C@H](C)NC(=O)c1cc(F)cc(NS(=O)(=O)CC2CN(C(c3ccc(Cl)cc3)c3ccc(Cl)cc3)C2)c1. The van der Waals surface area contributed by atoms with E-state index in [1.165, 1.54) is 13.0 Å². The van der Waals surface area contributed by atoms with Gasteiger partial charge >= 0.3 is 5.97 Å². The van der Waals surface area contributed by atoms with Crippen molar-refractivity contribution in [1.82, 2.24) is 10.2 Å². The van der Waals surface area contributed by atoms with E-state index in [0.717, 1.165) is 23.3 Å². The second-order valence-electron chi connectivity index (χ2n) is 9.88. The number of nitrogens with zero attached hydrogens (tertiary/aromatic N) is 1. The first-order chi connectivity index (χ1) is 19.4. The van der Waals surface area contributed by atoms with E-state index in [4.69, 9.17) is 27.9 Å². The lowest BCUT2D eigenvalue weighted by molar-refractivity contribution is -0.144. The summed E-state index contributed by atoms with van der Waals surface area (Å²) in [5.74, 6) is -2.54. The average Bonchev–Trinajstić information content (AvgIpc) is 2.88. The van der Waals surface area contributed by atoms with Crippen LogP contribution in [0, 0.1) is 11.7 Å². The summed E-state index contributed by atoms with van der Waals surface area (Å²) in [7, 11) is -3.87. The standard InChI is InChI=1S/C29H30Cl2FN3O5S/c1-3-40-29(37)18(2)33-28(36)22-12-25(32)14-26(13-22)34-41(38,39)17-19-15-35(16-19)27(20-4-8-23(30)9-5-20)21-6-10-24(31)11-7-21/h4-14,18-19,27,34H,3,15-17H2,1-2H3,(H,33,36)/t18-/m0/s1. The first-order valence-electron chi connectivity index (χ1n) is 13.0. The van der Waals surface area contributed by atoms with Crippen LogP contribution in [0.15, 0.2) is 66.7 Å². The van der Waals surface area contributed by atoms with E-state index in [2.05, 4.69) is 14.9 Å². The number of carbonyl (C=O) groups excluding carboxylic acids is 2. The maximum absolute atomic E-state index is 14.3. The number of esters is 1. The van der Waals surface area contributed by atoms with Gasteiger partial charge in [-0.1, -0.05) is 47.5 Å². The van der Waals surface area contributed by atoms with Crippen LogP contribution in [0.4, 0.5) is 10.1 Å². The van der Waals surface area contributed by atoms with Crippen LogP contribution in [-0.4, -0.2) is 56.7 Å². The number of hydrogen-bond donors (Lipinski definition) is 2. The molecule has 12 heteroatoms. The largest absolute Gasteiger partial charge is 0.464 e. The molecule has 1 atom stereocenters. The molecule has 41 heavy (non-hydrogen) atoms. The highest BCUT2D eigenvalue weighted by Gasteiger charge is 2.36. The van der Waals surface area contributed by atoms with Crippen LogP contribution in [0.5, 0.6) is 0 Å². The number of rotatable bonds is 11. The molecule has 0 saturated carbocycles. The third-order valence-electron chi connectivity index (χ3n) is 6.60. The van der Waals surface area contributed by atoms with Crippen LogP contribution < -0.4 is 10.0 Å². The molecule has 8 nitrogen and oxygen atoms in total. The molecule has 1 fully saturated rings. The van der Waals surface area contributed by atoms with Gasteiger partial charge in [-0.2, -0.15) is 0 Å². The molecule has 3 aromatic carbocycles. The van der Waals surface area contributed by atoms with Crippen molar-refractivity contribution in [2.75, 3.05) is 30.2 Å². The molecule has 0 aromatic heterocycles. The lowest BCUT2D eigenvalue weighted by Crippen LogP contribution is -2.51. The zero-order valence-corrected chi connectivity index (χ0v) is 24.8. The second-order valence-corrected chi connectivity index (χ2v) is 12.5. The summed E-state index contributed by atoms with van der Waals surface area (Å²) >= 11 is 12.2. The first-order valence-corrected chi connectivity index (χ1v) is 15.4. The molecule has 1 heterocycles. The Kier molecular flexibility index (Phi) is 9.91. The van der Waals surface area contributed by atoms with Crippen molar-refractivity contribution in [3.05, 3.63) is 99.3 Å². The van der Waals surface area contributed by atoms with E-state index in [0.29, 0.717) is 23.1 Å². The zero-order chi connectivity index (χ0) is 29.7. The Labute approximate surface area is 248 Å². The molecule has 0 aliphatic carbocycles. The van der Waals surface area contributed by atoms with Gasteiger partial charge in [0.25, 0.3) is 5.91 Å². The summed E-state index contributed by atoms with van der Waals surface area (Å²) in [5.41, 5.74) is 1.80. The van der Waals surface area contributed by atoms with Crippen molar-refractivity contribution in [3.63, 3.8) is 0 Å². The normalized spacial score (nSPS) is 14.8. The Morgan fingerprint density at radius 2 is 1.56 bits per heavy atom. The highest BCUT2D eigenvalue weighted by molar-refractivity contribution is 7.92. The van der Waals surface area contributed by atoms with Gasteiger partial charge in [0.2, 0.25) is 10.0 Å². The highest BCUT2D eigenvalue weighted by Crippen LogP contribution is 2.36. The van der Waals surface area contributed by atoms with Crippen LogP contribution in [-0.2, 0) is 19.6 Å². The summed E-state index contributed by atoms with van der Waals surface area (Å²) in [6.45, 7) is 4.24. The highest BCUT2D eigenvalue weighted by atomic mass is 35.5. The summed E-state index contributed by atoms with van der Waals surface area (Å²) in [6, 6.07) is 17.1. The van der Waals surface area contributed by atoms with Gasteiger partial charge in [-0.05, 0) is 67.4 Å². The maximum atomic E-state index is 14.3. The van der Waals surface area contributed by atoms with E-state index in [1.807, 2.05) is 48.5 Å². The molecule has 4 rings (SSSR count). The number of hydrogen-bond acceptors (Lipinski definition) is 6. The molecule has 0 unspecified atom stereocenters. The smallest absolute Gasteiger partial charge is 0.328 e. The Bertz CT molecular complexity index is 1450. The van der Waals surface area contributed by atoms with Crippen molar-refractivity contribution < 1.29 is 27.1 Å². The number of anilines is 1. The molecule has 2 N–H and O–H groups in total. The molecule has 1 amide bonds. The third kappa shape index (κ3) is 8.19. The van der Waals surface area contributed by atoms with E-state index in [1.54, 1.807) is 6.92 Å². The lowest BCUT2D eigenvalue weighted by atomic mass is 9.91. The average molecular weight is 623 g/mol. The van der Waals surface area contributed by atoms with Crippen LogP contribution >= 0.6 is 23.2 Å². The molecule has 218 valence electrons. The van der Waals surface area contributed by atoms with Crippen molar-refractivity contribution in [3.8, 4) is 0 Å². The van der Waals surface area contributed by atoms with Gasteiger partial charge in [0, 0.05) is 34.6 Å². The fourth-order valence-corrected chi connectivity index (χ4v) is 6.39. The fourth-order valence-electron chi connectivity index (χ4n) is 4.75. The van der Waals surface area contributed by atoms with Crippen molar-refractivity contribution in [2.24, 2.45) is 5.92 Å². The van der Waals surface area contributed by atoms with E-state index in [-0.39, 0.29) is 35.6 Å². The molecular formula is C29H30Cl2FN3O5S. The maximum Gasteiger partial charge on any atom is 0.328 e. The topological polar surface area (TPSA) is 105 Å². The molecule has 0 spiro atoms. The Morgan fingerprint density at radius 3 is 2.10 bits per heavy atom. The minimum atomic E-state index is -3.87. The number of sulfonamides is 1. The number of ether oxygens (including phenoxy) is 1. The summed E-state index contributed by atoms with van der Waals surface area (Å²) in [5, 5.41) is 3.66. The predicted molar refractivity (Wildman–Crippen MR) is 157 cm³/mol. The molecule has 0 radical (unpaired) electrons. The van der Waals surface area contributed by atoms with Crippen molar-refractivity contribution in [1.29, 1.82) is 0 Å². The Hall–Kier alpha value is -3.18. The van der Waals surface area contributed by atoms with E-state index >= 15 is 0 Å². The van der Waals surface area contributed by atoms with Crippen LogP contribution in [0.3, 0.4) is 0 Å². The number of carbonyl (C=O) groups is 2. The lowest BCUT2D eigenvalue weighted by Gasteiger charge is -2.44. The Balaban J connectivity index is 1.41. The first kappa shape index (κ1) is 30.8. The number of benzene rings is 3. The molecule has 1 aliphatic rings. The monoisotopic (exact) mass is 621 g/mol. The third-order valence-corrected chi connectivity index (χ3v) is 8.56. The molecule has 0 bridgehead atoms. The van der Waals surface area contributed by atoms with Gasteiger partial charge < -0.3 is 10.1 Å². The predicted octanol–water partition coefficient (Wildman–Crippen LogP) is 5.28. The molecule has 1 saturated heterocycles. The minimum absolute atomic E-state index is 0.0877. The van der Waals surface area contributed by atoms with Crippen LogP contribution in [0.1, 0.15) is 41.4 Å². The van der Waals surface area contributed by atoms with Gasteiger partial charge in [0.1, 0.15) is 11.9 Å². The van der Waals surface area contributed by atoms with Gasteiger partial charge in [-0.25, -0.2) is 17.6 Å². The van der Waals surface area contributed by atoms with Gasteiger partial charge in [-0.15, -0.1) is 0 Å². The van der Waals surface area contributed by atoms with Gasteiger partial charge in [0.05, 0.1) is 24.1 Å². The van der Waals surface area contributed by atoms with Crippen LogP contribution in [0.2, 0.25) is 10.0 Å². The number of amides is 1. The van der Waals surface area contributed by atoms with E-state index in [9.17, 15) is 22.4 Å². The zero-order valence-electron chi connectivity index (χ0n) is 22.4. The quantitative estimate of drug-likeness (QED) is 0.282. The van der Waals surface area contributed by atoms with Gasteiger partial charge in [-0.3, -0.25) is 14.4 Å². The van der Waals surface area contributed by atoms with E-state index < -0.39 is 33.8 Å². The number of likely N-dealkylation sites (tertiary alicyclic amines) is 1. The molecular weight excluding hydrogens is 592 g/mol. The fraction of sp³-hybridized carbons (Fsp3) is 0.310. The summed E-state index contributed by atoms with van der Waals surface area (Å²) in [4.78, 5) is 26.5. The summed E-state index contributed by atoms with van der Waals surface area (Å²) in [6.07, 6.45) is 0. The van der Waals surface area contributed by atoms with Gasteiger partial charge in [0.15, 0.2) is 0 Å². The second kappa shape index (κ2) is 13.2. The van der Waals surface area contributed by atoms with Crippen molar-refractivity contribution >= 4 is 50.8 Å². The van der Waals surface area contributed by atoms with Crippen LogP contribution in [0.25, 0.3) is 0 Å². The Morgan fingerprint density at radius 1 is 1.00 bits per heavy atom. The number of nitrogens with one attached hydrogen (secondary N) is 2. The summed E-state index contributed by atoms with van der Waals surface area (Å²) < 4.78 is 47.5. The minimum Gasteiger partial charge on any atom is -0.464 e. The number of halogens is 3. The molecule has 1 aliphatic heterocycles. The van der Waals surface area contributed by atoms with Crippen molar-refractivity contribution in [2.45, 2.75) is 25.9 Å².